The first-order valence-electron chi connectivity index (χ1n) is 11.4. The number of aryl methyl sites for hydroxylation is 1. The molecule has 0 N–H and O–H groups in total. The fourth-order valence-corrected chi connectivity index (χ4v) is 5.20. The van der Waals surface area contributed by atoms with Gasteiger partial charge in [-0.05, 0) is 23.3 Å². The molecule has 0 bridgehead atoms. The molecule has 3 heterocycles. The second-order valence-electron chi connectivity index (χ2n) is 9.12. The molecule has 1 aliphatic rings. The van der Waals surface area contributed by atoms with Gasteiger partial charge in [-0.1, -0.05) is 31.2 Å². The van der Waals surface area contributed by atoms with Crippen LogP contribution in [0.3, 0.4) is 0 Å². The van der Waals surface area contributed by atoms with Crippen molar-refractivity contribution in [3.05, 3.63) is 53.9 Å². The third-order valence-electron chi connectivity index (χ3n) is 6.55. The standard InChI is InChI=1S/C24H18F7N5O2S/c1-3-39(37,38)17-8-14(12-4-6-13(7-5-12)15-10-22(15,25)26)11-32-19(17)21-33-16-9-18(23(27,28)24(29,30)31)34-35-20(16)36(21)2/h4-9,11,15H,3,10H2,1-2H3. The average molecular weight is 573 g/mol. The summed E-state index contributed by atoms with van der Waals surface area (Å²) in [5.74, 6) is -9.39. The number of hydrogen-bond donors (Lipinski definition) is 0. The van der Waals surface area contributed by atoms with E-state index < -0.39 is 39.5 Å². The number of aromatic nitrogens is 5. The lowest BCUT2D eigenvalue weighted by Gasteiger charge is -2.17. The Hall–Kier alpha value is -3.62. The molecule has 3 aromatic heterocycles. The van der Waals surface area contributed by atoms with Gasteiger partial charge in [-0.25, -0.2) is 22.2 Å². The summed E-state index contributed by atoms with van der Waals surface area (Å²) in [5, 5.41) is 6.48. The quantitative estimate of drug-likeness (QED) is 0.277. The lowest BCUT2D eigenvalue weighted by molar-refractivity contribution is -0.291. The van der Waals surface area contributed by atoms with Gasteiger partial charge in [-0.15, -0.1) is 10.2 Å². The van der Waals surface area contributed by atoms with E-state index in [4.69, 9.17) is 0 Å². The minimum atomic E-state index is -5.91. The predicted molar refractivity (Wildman–Crippen MR) is 125 cm³/mol. The number of benzene rings is 1. The summed E-state index contributed by atoms with van der Waals surface area (Å²) in [7, 11) is -2.61. The van der Waals surface area contributed by atoms with Gasteiger partial charge >= 0.3 is 12.1 Å². The number of sulfone groups is 1. The molecule has 39 heavy (non-hydrogen) atoms. The summed E-state index contributed by atoms with van der Waals surface area (Å²) in [6, 6.07) is 7.94. The summed E-state index contributed by atoms with van der Waals surface area (Å²) in [6.45, 7) is 1.39. The molecule has 0 aliphatic heterocycles. The van der Waals surface area contributed by atoms with E-state index >= 15 is 0 Å². The van der Waals surface area contributed by atoms with Gasteiger partial charge in [-0.3, -0.25) is 4.98 Å². The fraction of sp³-hybridized carbons (Fsp3) is 0.333. The van der Waals surface area contributed by atoms with Crippen molar-refractivity contribution in [1.82, 2.24) is 24.7 Å². The van der Waals surface area contributed by atoms with Gasteiger partial charge in [0.1, 0.15) is 16.9 Å². The van der Waals surface area contributed by atoms with Crippen molar-refractivity contribution in [3.8, 4) is 22.6 Å². The topological polar surface area (TPSA) is 90.6 Å². The Morgan fingerprint density at radius 1 is 1.03 bits per heavy atom. The molecule has 1 aliphatic carbocycles. The highest BCUT2D eigenvalue weighted by Crippen LogP contribution is 2.55. The molecule has 1 saturated carbocycles. The van der Waals surface area contributed by atoms with E-state index in [1.165, 1.54) is 42.9 Å². The molecule has 1 atom stereocenters. The first-order valence-corrected chi connectivity index (χ1v) is 13.1. The minimum Gasteiger partial charge on any atom is -0.309 e. The Morgan fingerprint density at radius 3 is 2.23 bits per heavy atom. The van der Waals surface area contributed by atoms with E-state index in [-0.39, 0.29) is 39.8 Å². The highest BCUT2D eigenvalue weighted by molar-refractivity contribution is 7.91. The van der Waals surface area contributed by atoms with Crippen molar-refractivity contribution < 1.29 is 39.2 Å². The Bertz CT molecular complexity index is 1700. The second-order valence-corrected chi connectivity index (χ2v) is 11.4. The van der Waals surface area contributed by atoms with Gasteiger partial charge in [0.15, 0.2) is 21.3 Å². The van der Waals surface area contributed by atoms with Crippen LogP contribution in [0, 0.1) is 0 Å². The van der Waals surface area contributed by atoms with Gasteiger partial charge in [0.05, 0.1) is 16.6 Å². The van der Waals surface area contributed by atoms with Crippen molar-refractivity contribution in [2.45, 2.75) is 42.2 Å². The van der Waals surface area contributed by atoms with Crippen molar-refractivity contribution in [3.63, 3.8) is 0 Å². The highest BCUT2D eigenvalue weighted by atomic mass is 32.2. The molecule has 0 radical (unpaired) electrons. The van der Waals surface area contributed by atoms with Gasteiger partial charge < -0.3 is 4.57 Å². The molecule has 15 heteroatoms. The third kappa shape index (κ3) is 4.51. The molecule has 206 valence electrons. The SMILES string of the molecule is CCS(=O)(=O)c1cc(-c2ccc(C3CC3(F)F)cc2)cnc1-c1nc2cc(C(F)(F)C(F)(F)F)nnc2n1C. The number of nitrogens with zero attached hydrogens (tertiary/aromatic N) is 5. The predicted octanol–water partition coefficient (Wildman–Crippen LogP) is 5.66. The van der Waals surface area contributed by atoms with Crippen LogP contribution in [0.15, 0.2) is 47.5 Å². The summed E-state index contributed by atoms with van der Waals surface area (Å²) in [5.41, 5.74) is -1.09. The van der Waals surface area contributed by atoms with Crippen LogP contribution in [0.4, 0.5) is 30.7 Å². The zero-order chi connectivity index (χ0) is 28.5. The summed E-state index contributed by atoms with van der Waals surface area (Å²) >= 11 is 0. The third-order valence-corrected chi connectivity index (χ3v) is 8.29. The maximum absolute atomic E-state index is 13.8. The fourth-order valence-electron chi connectivity index (χ4n) is 4.14. The molecule has 1 aromatic carbocycles. The van der Waals surface area contributed by atoms with Crippen LogP contribution in [0.2, 0.25) is 0 Å². The van der Waals surface area contributed by atoms with Crippen LogP contribution in [0.25, 0.3) is 33.8 Å². The molecule has 1 unspecified atom stereocenters. The molecule has 0 spiro atoms. The van der Waals surface area contributed by atoms with Crippen LogP contribution in [-0.2, 0) is 22.8 Å². The van der Waals surface area contributed by atoms with Gasteiger partial charge in [0.2, 0.25) is 0 Å². The van der Waals surface area contributed by atoms with Crippen LogP contribution >= 0.6 is 0 Å². The van der Waals surface area contributed by atoms with Crippen molar-refractivity contribution in [2.24, 2.45) is 7.05 Å². The zero-order valence-corrected chi connectivity index (χ0v) is 21.0. The molecule has 7 nitrogen and oxygen atoms in total. The minimum absolute atomic E-state index is 0.156. The van der Waals surface area contributed by atoms with E-state index in [0.717, 1.165) is 0 Å². The maximum atomic E-state index is 13.8. The first kappa shape index (κ1) is 27.0. The molecular formula is C24H18F7N5O2S. The van der Waals surface area contributed by atoms with Crippen molar-refractivity contribution >= 4 is 21.0 Å². The number of hydrogen-bond acceptors (Lipinski definition) is 6. The number of rotatable bonds is 6. The summed E-state index contributed by atoms with van der Waals surface area (Å²) in [6.07, 6.45) is -4.83. The number of fused-ring (bicyclic) bond motifs is 1. The molecule has 1 fully saturated rings. The van der Waals surface area contributed by atoms with E-state index in [9.17, 15) is 39.2 Å². The Labute approximate surface area is 216 Å². The van der Waals surface area contributed by atoms with Crippen LogP contribution in [0.5, 0.6) is 0 Å². The number of imidazole rings is 1. The number of pyridine rings is 1. The lowest BCUT2D eigenvalue weighted by atomic mass is 10.0. The molecule has 5 rings (SSSR count). The van der Waals surface area contributed by atoms with Crippen molar-refractivity contribution in [1.29, 1.82) is 0 Å². The smallest absolute Gasteiger partial charge is 0.309 e. The summed E-state index contributed by atoms with van der Waals surface area (Å²) < 4.78 is 120. The van der Waals surface area contributed by atoms with Gasteiger partial charge in [0, 0.05) is 25.2 Å². The molecule has 0 saturated heterocycles. The monoisotopic (exact) mass is 573 g/mol. The van der Waals surface area contributed by atoms with Crippen LogP contribution in [-0.4, -0.2) is 51.0 Å². The van der Waals surface area contributed by atoms with E-state index in [1.54, 1.807) is 12.1 Å². The first-order chi connectivity index (χ1) is 18.1. The maximum Gasteiger partial charge on any atom is 0.459 e. The van der Waals surface area contributed by atoms with E-state index in [0.29, 0.717) is 22.8 Å². The van der Waals surface area contributed by atoms with Crippen molar-refractivity contribution in [2.75, 3.05) is 5.75 Å². The number of halogens is 7. The second kappa shape index (κ2) is 8.69. The average Bonchev–Trinajstić information content (AvgIpc) is 3.40. The van der Waals surface area contributed by atoms with Crippen LogP contribution in [0.1, 0.15) is 30.5 Å². The number of alkyl halides is 7. The highest BCUT2D eigenvalue weighted by Gasteiger charge is 2.60. The van der Waals surface area contributed by atoms with Crippen LogP contribution < -0.4 is 0 Å². The molecule has 4 aromatic rings. The molecule has 0 amide bonds. The lowest BCUT2D eigenvalue weighted by Crippen LogP contribution is -2.34. The van der Waals surface area contributed by atoms with E-state index in [1.807, 2.05) is 0 Å². The van der Waals surface area contributed by atoms with Gasteiger partial charge in [0.25, 0.3) is 5.92 Å². The van der Waals surface area contributed by atoms with E-state index in [2.05, 4.69) is 20.2 Å². The normalized spacial score (nSPS) is 17.5. The Kier molecular flexibility index (Phi) is 6.01. The largest absolute Gasteiger partial charge is 0.459 e. The zero-order valence-electron chi connectivity index (χ0n) is 20.1. The Morgan fingerprint density at radius 2 is 1.67 bits per heavy atom. The summed E-state index contributed by atoms with van der Waals surface area (Å²) in [4.78, 5) is 8.03. The van der Waals surface area contributed by atoms with Gasteiger partial charge in [-0.2, -0.15) is 22.0 Å². The molecular weight excluding hydrogens is 555 g/mol. The Balaban J connectivity index is 1.60.